The summed E-state index contributed by atoms with van der Waals surface area (Å²) in [6.45, 7) is 1.68. The predicted molar refractivity (Wildman–Crippen MR) is 364 cm³/mol. The maximum atomic E-state index is 6.59. The second-order valence-electron chi connectivity index (χ2n) is 11.5. The second kappa shape index (κ2) is 71.8. The Morgan fingerprint density at radius 1 is 0.108 bits per heavy atom. The minimum atomic E-state index is 1.68. The average molecular weight is 1120 g/mol. The van der Waals surface area contributed by atoms with Crippen LogP contribution >= 0.6 is 0 Å². The molecule has 0 aliphatic heterocycles. The van der Waals surface area contributed by atoms with Gasteiger partial charge in [0, 0.05) is 438 Å². The van der Waals surface area contributed by atoms with Crippen molar-refractivity contribution >= 4 is 0 Å². The third-order valence-electron chi connectivity index (χ3n) is 5.69. The van der Waals surface area contributed by atoms with Crippen LogP contribution in [0.1, 0.15) is 8.29 Å². The Balaban J connectivity index is 4.63. The van der Waals surface area contributed by atoms with Gasteiger partial charge in [-0.05, 0) is 102 Å². The fourth-order valence-corrected chi connectivity index (χ4v) is 2.81. The van der Waals surface area contributed by atoms with Crippen molar-refractivity contribution in [2.45, 2.75) is 6.92 Å². The quantitative estimate of drug-likeness (QED) is 0.316. The van der Waals surface area contributed by atoms with E-state index in [-0.39, 0.29) is 0 Å². The molecular formula is C93H4. The fourth-order valence-electron chi connectivity index (χ4n) is 2.81. The third-order valence-corrected chi connectivity index (χ3v) is 5.69. The molecule has 0 bridgehead atoms. The molecule has 0 rings (SSSR count). The summed E-state index contributed by atoms with van der Waals surface area (Å²) < 4.78 is 6.59. The van der Waals surface area contributed by atoms with Crippen molar-refractivity contribution in [3.63, 3.8) is 0 Å². The number of terminal acetylenes is 1. The molecule has 0 heteroatoms. The number of hydrogen-bond acceptors (Lipinski definition) is 0. The van der Waals surface area contributed by atoms with Crippen molar-refractivity contribution in [2.75, 3.05) is 0 Å². The Hall–Kier alpha value is -20.2. The lowest BCUT2D eigenvalue weighted by atomic mass is 10.4. The molecule has 0 aromatic carbocycles. The van der Waals surface area contributed by atoms with Crippen LogP contribution in [0.2, 0.25) is 0 Å². The molecule has 0 fully saturated rings. The smallest absolute Gasteiger partial charge is 0.106 e. The summed E-state index contributed by atoms with van der Waals surface area (Å²) in [5, 5.41) is 0. The molecule has 0 saturated heterocycles. The van der Waals surface area contributed by atoms with Crippen LogP contribution in [-0.4, -0.2) is 0 Å². The minimum absolute atomic E-state index is 1.68. The molecule has 0 radical (unpaired) electrons. The van der Waals surface area contributed by atoms with Crippen molar-refractivity contribution in [1.29, 1.82) is 0 Å². The Morgan fingerprint density at radius 2 is 0.172 bits per heavy atom. The maximum Gasteiger partial charge on any atom is 0.125 e. The van der Waals surface area contributed by atoms with Crippen LogP contribution in [-0.2, 0) is 0 Å². The maximum absolute atomic E-state index is 6.59. The highest BCUT2D eigenvalue weighted by atomic mass is 13.7. The summed E-state index contributed by atoms with van der Waals surface area (Å²) in [6, 6.07) is 0. The summed E-state index contributed by atoms with van der Waals surface area (Å²) in [7, 11) is 0. The molecular weight excluding hydrogens is 1120 g/mol. The fraction of sp³-hybridized carbons (Fsp3) is 0.0108. The molecule has 0 aromatic rings. The van der Waals surface area contributed by atoms with Gasteiger partial charge in [0.15, 0.2) is 0 Å². The van der Waals surface area contributed by atoms with Crippen molar-refractivity contribution in [1.82, 2.24) is 0 Å². The molecule has 0 unspecified atom stereocenters. The van der Waals surface area contributed by atoms with Gasteiger partial charge in [-0.25, -0.2) is 0 Å². The Morgan fingerprint density at radius 3 is 0.237 bits per heavy atom. The highest BCUT2D eigenvalue weighted by molar-refractivity contribution is 5.55. The average Bonchev–Trinajstić information content (AvgIpc) is 3.59. The van der Waals surface area contributed by atoms with Gasteiger partial charge in [-0.3, -0.25) is 0 Å². The second-order valence-corrected chi connectivity index (χ2v) is 11.5. The summed E-state index contributed by atoms with van der Waals surface area (Å²) in [5.41, 5.74) is 0. The zero-order chi connectivity index (χ0) is 67.1. The minimum Gasteiger partial charge on any atom is -0.106 e. The number of rotatable bonds is 0. The van der Waals surface area contributed by atoms with Gasteiger partial charge in [0.05, 0.1) is 0 Å². The van der Waals surface area contributed by atoms with Crippen LogP contribution in [0.25, 0.3) is 0 Å². The van der Waals surface area contributed by atoms with Crippen molar-refractivity contribution in [2.24, 2.45) is 0 Å². The van der Waals surface area contributed by atoms with Gasteiger partial charge >= 0.3 is 0 Å². The zero-order valence-electron chi connectivity index (χ0n) is 48.0. The van der Waals surface area contributed by atoms with Crippen molar-refractivity contribution < 1.29 is 1.37 Å². The lowest BCUT2D eigenvalue weighted by Crippen LogP contribution is -1.57. The lowest BCUT2D eigenvalue weighted by Gasteiger charge is -1.58. The van der Waals surface area contributed by atoms with E-state index in [9.17, 15) is 0 Å². The van der Waals surface area contributed by atoms with E-state index >= 15 is 0 Å². The molecule has 0 heterocycles. The molecule has 0 aliphatic rings. The number of hydrogen-bond donors (Lipinski definition) is 0. The van der Waals surface area contributed by atoms with E-state index in [2.05, 4.69) is 539 Å². The Labute approximate surface area is 550 Å². The molecule has 0 aromatic heterocycles. The molecule has 0 spiro atoms. The van der Waals surface area contributed by atoms with Crippen LogP contribution < -0.4 is 0 Å². The van der Waals surface area contributed by atoms with Gasteiger partial charge in [0.1, 0.15) is 1.37 Å². The first kappa shape index (κ1) is 70.8. The normalized spacial score (nSPS) is 4.03. The topological polar surface area (TPSA) is 0 Å². The van der Waals surface area contributed by atoms with Gasteiger partial charge in [-0.1, -0.05) is 5.92 Å². The zero-order valence-corrected chi connectivity index (χ0v) is 47.0. The van der Waals surface area contributed by atoms with Crippen LogP contribution in [0.3, 0.4) is 0 Å². The van der Waals surface area contributed by atoms with Gasteiger partial charge in [0.2, 0.25) is 0 Å². The summed E-state index contributed by atoms with van der Waals surface area (Å²) >= 11 is 0. The van der Waals surface area contributed by atoms with Crippen LogP contribution in [0.4, 0.5) is 0 Å². The first-order valence-electron chi connectivity index (χ1n) is 23.8. The van der Waals surface area contributed by atoms with Crippen LogP contribution in [0.5, 0.6) is 0 Å². The summed E-state index contributed by atoms with van der Waals surface area (Å²) in [5.74, 6) is 227. The van der Waals surface area contributed by atoms with Gasteiger partial charge in [0.25, 0.3) is 0 Å². The highest BCUT2D eigenvalue weighted by Gasteiger charge is 1.66. The summed E-state index contributed by atoms with van der Waals surface area (Å²) in [6.07, 6.45) is 1.88. The van der Waals surface area contributed by atoms with Crippen molar-refractivity contribution in [3.8, 4) is 545 Å². The van der Waals surface area contributed by atoms with Crippen LogP contribution in [0, 0.1) is 545 Å². The molecule has 0 N–H and O–H groups in total. The van der Waals surface area contributed by atoms with E-state index in [4.69, 9.17) is 1.37 Å². The largest absolute Gasteiger partial charge is 0.125 e. The van der Waals surface area contributed by atoms with Crippen molar-refractivity contribution in [3.05, 3.63) is 0 Å². The molecule has 0 nitrogen and oxygen atoms in total. The third kappa shape index (κ3) is 71.8. The Kier molecular flexibility index (Phi) is 54.6. The van der Waals surface area contributed by atoms with Gasteiger partial charge < -0.3 is 0 Å². The lowest BCUT2D eigenvalue weighted by molar-refractivity contribution is 1.92. The SMILES string of the molecule is [2H]C#CC#CC#CC#CC#CC#CC#CC#CC#CC#CC#CC#CC#CC#CC#CC#CC#CC#CC#CC#CC#CC#CC#CC#CC#CC#CC#CC#CC#CC#CC#CC#CC#CC#CC#CC#CC#CC#CC#CC#CC#CC#CC#CC#CC#CC#CC. The summed E-state index contributed by atoms with van der Waals surface area (Å²) in [4.78, 5) is 0. The molecule has 93 heavy (non-hydrogen) atoms. The monoisotopic (exact) mass is 1120 g/mol. The van der Waals surface area contributed by atoms with Gasteiger partial charge in [-0.2, -0.15) is 0 Å². The van der Waals surface area contributed by atoms with E-state index < -0.39 is 0 Å². The molecule has 0 amide bonds. The first-order chi connectivity index (χ1) is 46.9. The molecule has 376 valence electrons. The van der Waals surface area contributed by atoms with E-state index in [1.165, 1.54) is 0 Å². The van der Waals surface area contributed by atoms with E-state index in [1.807, 2.05) is 6.40 Å². The standard InChI is InChI=1S/C93H4/c1-3-5-7-9-11-13-15-17-19-21-23-25-27-29-31-33-35-37-39-41-43-45-47-49-51-53-55-57-59-61-63-65-67-69-71-73-75-77-79-81-83-85-87-89-91-93-92-90-88-86-84-82-80-78-76-74-72-70-68-66-64-62-60-58-56-54-52-50-48-46-44-42-40-38-36-34-32-30-28-26-24-22-20-18-16-14-12-10-8-6-4-2/h1H,2H3/i1D. The van der Waals surface area contributed by atoms with E-state index in [0.29, 0.717) is 0 Å². The Bertz CT molecular complexity index is 6140. The van der Waals surface area contributed by atoms with E-state index in [0.717, 1.165) is 0 Å². The predicted octanol–water partition coefficient (Wildman–Crippen LogP) is 0.793. The molecule has 0 atom stereocenters. The first-order valence-corrected chi connectivity index (χ1v) is 23.2. The van der Waals surface area contributed by atoms with E-state index in [1.54, 1.807) is 6.92 Å². The highest BCUT2D eigenvalue weighted by Crippen LogP contribution is 1.66. The molecule has 0 saturated carbocycles. The van der Waals surface area contributed by atoms with Crippen LogP contribution in [0.15, 0.2) is 0 Å². The van der Waals surface area contributed by atoms with Gasteiger partial charge in [-0.15, -0.1) is 6.40 Å². The molecule has 0 aliphatic carbocycles.